The van der Waals surface area contributed by atoms with Crippen molar-refractivity contribution in [1.29, 1.82) is 0 Å². The Balaban J connectivity index is 1.46. The largest absolute Gasteiger partial charge is 0.384 e. The minimum absolute atomic E-state index is 0.158. The van der Waals surface area contributed by atoms with Crippen LogP contribution in [0.15, 0.2) is 48.7 Å². The van der Waals surface area contributed by atoms with Gasteiger partial charge in [0, 0.05) is 43.6 Å². The molecule has 1 aliphatic carbocycles. The van der Waals surface area contributed by atoms with Gasteiger partial charge in [-0.25, -0.2) is 14.4 Å². The fourth-order valence-electron chi connectivity index (χ4n) is 4.03. The van der Waals surface area contributed by atoms with Crippen molar-refractivity contribution < 1.29 is 4.39 Å². The molecule has 1 saturated carbocycles. The topological polar surface area (TPSA) is 88.1 Å². The van der Waals surface area contributed by atoms with Gasteiger partial charge in [-0.1, -0.05) is 6.07 Å². The minimum atomic E-state index is -0.279. The van der Waals surface area contributed by atoms with Crippen molar-refractivity contribution >= 4 is 34.2 Å². The Morgan fingerprint density at radius 1 is 1.06 bits per heavy atom. The average Bonchev–Trinajstić information content (AvgIpc) is 3.62. The highest BCUT2D eigenvalue weighted by Gasteiger charge is 2.34. The Hall–Kier alpha value is -3.72. The molecule has 4 aromatic rings. The molecule has 176 valence electrons. The summed E-state index contributed by atoms with van der Waals surface area (Å²) in [4.78, 5) is 17.9. The van der Waals surface area contributed by atoms with Crippen LogP contribution in [-0.2, 0) is 0 Å². The van der Waals surface area contributed by atoms with Crippen LogP contribution in [0.25, 0.3) is 16.9 Å². The number of benzene rings is 1. The molecule has 0 saturated heterocycles. The summed E-state index contributed by atoms with van der Waals surface area (Å²) in [6.07, 6.45) is 3.44. The number of pyridine rings is 1. The highest BCUT2D eigenvalue weighted by molar-refractivity contribution is 5.81. The van der Waals surface area contributed by atoms with Crippen molar-refractivity contribution in [2.24, 2.45) is 0 Å². The first-order chi connectivity index (χ1) is 16.4. The van der Waals surface area contributed by atoms with Crippen LogP contribution in [0.1, 0.15) is 24.5 Å². The van der Waals surface area contributed by atoms with E-state index in [4.69, 9.17) is 5.73 Å². The van der Waals surface area contributed by atoms with E-state index in [2.05, 4.69) is 63.3 Å². The molecule has 34 heavy (non-hydrogen) atoms. The van der Waals surface area contributed by atoms with Crippen molar-refractivity contribution in [3.8, 4) is 5.82 Å². The molecule has 0 spiro atoms. The van der Waals surface area contributed by atoms with Crippen molar-refractivity contribution in [2.45, 2.75) is 18.8 Å². The lowest BCUT2D eigenvalue weighted by atomic mass is 10.2. The second-order valence-corrected chi connectivity index (χ2v) is 9.06. The Labute approximate surface area is 198 Å². The van der Waals surface area contributed by atoms with E-state index in [1.165, 1.54) is 6.20 Å². The van der Waals surface area contributed by atoms with Gasteiger partial charge in [-0.3, -0.25) is 4.57 Å². The van der Waals surface area contributed by atoms with Gasteiger partial charge >= 0.3 is 0 Å². The van der Waals surface area contributed by atoms with Crippen LogP contribution < -0.4 is 16.0 Å². The summed E-state index contributed by atoms with van der Waals surface area (Å²) in [6, 6.07) is 13.4. The average molecular weight is 461 g/mol. The molecule has 1 fully saturated rings. The van der Waals surface area contributed by atoms with E-state index in [-0.39, 0.29) is 11.7 Å². The molecule has 0 atom stereocenters. The highest BCUT2D eigenvalue weighted by Crippen LogP contribution is 2.45. The molecular formula is C25H29FN8. The van der Waals surface area contributed by atoms with E-state index in [0.717, 1.165) is 37.3 Å². The van der Waals surface area contributed by atoms with Crippen LogP contribution in [0.5, 0.6) is 0 Å². The van der Waals surface area contributed by atoms with Crippen molar-refractivity contribution in [3.63, 3.8) is 0 Å². The van der Waals surface area contributed by atoms with Gasteiger partial charge in [0.1, 0.15) is 11.6 Å². The molecule has 0 aliphatic heterocycles. The maximum atomic E-state index is 15.4. The smallest absolute Gasteiger partial charge is 0.229 e. The Bertz CT molecular complexity index is 1310. The number of hydrogen-bond acceptors (Lipinski definition) is 7. The molecule has 8 nitrogen and oxygen atoms in total. The number of hydrogen-bond donors (Lipinski definition) is 2. The van der Waals surface area contributed by atoms with Crippen LogP contribution in [0.4, 0.5) is 27.5 Å². The molecule has 1 aromatic carbocycles. The molecular weight excluding hydrogens is 431 g/mol. The predicted octanol–water partition coefficient (Wildman–Crippen LogP) is 4.16. The summed E-state index contributed by atoms with van der Waals surface area (Å²) in [5.41, 5.74) is 8.98. The third kappa shape index (κ3) is 4.38. The minimum Gasteiger partial charge on any atom is -0.384 e. The van der Waals surface area contributed by atoms with Gasteiger partial charge in [-0.05, 0) is 63.3 Å². The zero-order valence-corrected chi connectivity index (χ0v) is 19.7. The Morgan fingerprint density at radius 3 is 2.50 bits per heavy atom. The van der Waals surface area contributed by atoms with Crippen molar-refractivity contribution in [3.05, 3.63) is 60.2 Å². The molecule has 3 heterocycles. The monoisotopic (exact) mass is 460 g/mol. The molecule has 0 unspecified atom stereocenters. The van der Waals surface area contributed by atoms with Crippen LogP contribution >= 0.6 is 0 Å². The third-order valence-electron chi connectivity index (χ3n) is 6.08. The summed E-state index contributed by atoms with van der Waals surface area (Å²) in [5.74, 6) is 1.21. The van der Waals surface area contributed by atoms with Crippen LogP contribution in [0.3, 0.4) is 0 Å². The molecule has 9 heteroatoms. The number of rotatable bonds is 8. The Kier molecular flexibility index (Phi) is 5.79. The lowest BCUT2D eigenvalue weighted by Crippen LogP contribution is -2.28. The molecule has 5 rings (SSSR count). The lowest BCUT2D eigenvalue weighted by molar-refractivity contribution is 0.416. The maximum absolute atomic E-state index is 15.4. The number of nitrogens with zero attached hydrogens (tertiary/aromatic N) is 6. The molecule has 1 aliphatic rings. The predicted molar refractivity (Wildman–Crippen MR) is 135 cm³/mol. The van der Waals surface area contributed by atoms with Crippen molar-refractivity contribution in [2.75, 3.05) is 50.2 Å². The van der Waals surface area contributed by atoms with E-state index in [1.807, 2.05) is 24.3 Å². The number of anilines is 4. The molecule has 3 N–H and O–H groups in total. The van der Waals surface area contributed by atoms with Gasteiger partial charge in [0.25, 0.3) is 0 Å². The fourth-order valence-corrected chi connectivity index (χ4v) is 4.03. The number of likely N-dealkylation sites (N-methyl/N-ethyl adjacent to an activating group) is 2. The summed E-state index contributed by atoms with van der Waals surface area (Å²) in [5, 5.41) is 3.63. The number of halogens is 1. The number of fused-ring (bicyclic) bond motifs is 1. The summed E-state index contributed by atoms with van der Waals surface area (Å²) in [6.45, 7) is 1.91. The third-order valence-corrected chi connectivity index (χ3v) is 6.08. The van der Waals surface area contributed by atoms with Crippen LogP contribution in [0.2, 0.25) is 0 Å². The molecule has 0 bridgehead atoms. The van der Waals surface area contributed by atoms with Gasteiger partial charge in [-0.2, -0.15) is 4.98 Å². The number of aromatic nitrogens is 4. The molecule has 0 amide bonds. The maximum Gasteiger partial charge on any atom is 0.229 e. The standard InChI is InChI=1S/C25H29FN8/c1-32(2)13-14-33(3)18-11-9-17(10-12-18)29-25-28-15-19-22(26)23(16-7-8-16)34(24(19)31-25)21-6-4-5-20(27)30-21/h4-6,9-12,15-16H,7-8,13-14H2,1-3H3,(H2,27,30)(H,28,29,31). The zero-order chi connectivity index (χ0) is 23.8. The van der Waals surface area contributed by atoms with E-state index in [9.17, 15) is 0 Å². The summed E-state index contributed by atoms with van der Waals surface area (Å²) in [7, 11) is 6.21. The van der Waals surface area contributed by atoms with Gasteiger partial charge in [0.2, 0.25) is 5.95 Å². The van der Waals surface area contributed by atoms with Crippen LogP contribution in [-0.4, -0.2) is 58.7 Å². The molecule has 3 aromatic heterocycles. The fraction of sp³-hybridized carbons (Fsp3) is 0.320. The van der Waals surface area contributed by atoms with E-state index >= 15 is 4.39 Å². The zero-order valence-electron chi connectivity index (χ0n) is 19.7. The van der Waals surface area contributed by atoms with Gasteiger partial charge in [0.05, 0.1) is 11.1 Å². The molecule has 0 radical (unpaired) electrons. The normalized spacial score (nSPS) is 13.6. The highest BCUT2D eigenvalue weighted by atomic mass is 19.1. The van der Waals surface area contributed by atoms with Gasteiger partial charge < -0.3 is 20.9 Å². The van der Waals surface area contributed by atoms with E-state index in [1.54, 1.807) is 10.6 Å². The number of nitrogens with one attached hydrogen (secondary N) is 1. The summed E-state index contributed by atoms with van der Waals surface area (Å²) >= 11 is 0. The first-order valence-corrected chi connectivity index (χ1v) is 11.4. The van der Waals surface area contributed by atoms with Crippen molar-refractivity contribution in [1.82, 2.24) is 24.4 Å². The second-order valence-electron chi connectivity index (χ2n) is 9.06. The van der Waals surface area contributed by atoms with E-state index in [0.29, 0.717) is 34.3 Å². The number of nitrogens with two attached hydrogens (primary N) is 1. The quantitative estimate of drug-likeness (QED) is 0.408. The van der Waals surface area contributed by atoms with E-state index < -0.39 is 0 Å². The lowest BCUT2D eigenvalue weighted by Gasteiger charge is -2.21. The van der Waals surface area contributed by atoms with Gasteiger partial charge in [-0.15, -0.1) is 0 Å². The summed E-state index contributed by atoms with van der Waals surface area (Å²) < 4.78 is 17.2. The first kappa shape index (κ1) is 22.1. The SMILES string of the molecule is CN(C)CCN(C)c1ccc(Nc2ncc3c(F)c(C4CC4)n(-c4cccc(N)n4)c3n2)cc1. The second kappa shape index (κ2) is 8.90. The van der Waals surface area contributed by atoms with Crippen LogP contribution in [0, 0.1) is 5.82 Å². The Morgan fingerprint density at radius 2 is 1.82 bits per heavy atom. The van der Waals surface area contributed by atoms with Gasteiger partial charge in [0.15, 0.2) is 11.5 Å². The number of nitrogen functional groups attached to an aromatic ring is 1. The first-order valence-electron chi connectivity index (χ1n) is 11.4.